The van der Waals surface area contributed by atoms with Gasteiger partial charge < -0.3 is 15.6 Å². The summed E-state index contributed by atoms with van der Waals surface area (Å²) in [6.07, 6.45) is 1.91. The molecule has 0 fully saturated rings. The maximum absolute atomic E-state index is 12.2. The molecule has 1 unspecified atom stereocenters. The van der Waals surface area contributed by atoms with Crippen LogP contribution in [0, 0.1) is 0 Å². The van der Waals surface area contributed by atoms with E-state index in [0.717, 1.165) is 5.56 Å². The van der Waals surface area contributed by atoms with Crippen molar-refractivity contribution in [2.24, 2.45) is 5.73 Å². The summed E-state index contributed by atoms with van der Waals surface area (Å²) >= 11 is 0. The van der Waals surface area contributed by atoms with Crippen LogP contribution in [0.2, 0.25) is 0 Å². The van der Waals surface area contributed by atoms with Crippen molar-refractivity contribution in [1.29, 1.82) is 0 Å². The van der Waals surface area contributed by atoms with Crippen molar-refractivity contribution in [2.75, 3.05) is 6.54 Å². The standard InChI is InChI=1S/C16H21N3O/c1-12(2)19-10-6-9-15(19)16(20)18-11-14(17)13-7-4-3-5-8-13/h3-10,12,14H,11,17H2,1-2H3,(H,18,20). The van der Waals surface area contributed by atoms with Crippen LogP contribution in [0.3, 0.4) is 0 Å². The molecule has 4 nitrogen and oxygen atoms in total. The molecular weight excluding hydrogens is 250 g/mol. The Bertz CT molecular complexity index is 560. The van der Waals surface area contributed by atoms with Crippen molar-refractivity contribution in [3.63, 3.8) is 0 Å². The molecule has 106 valence electrons. The average molecular weight is 271 g/mol. The van der Waals surface area contributed by atoms with Crippen LogP contribution in [0.15, 0.2) is 48.7 Å². The first kappa shape index (κ1) is 14.3. The van der Waals surface area contributed by atoms with E-state index in [1.54, 1.807) is 0 Å². The Morgan fingerprint density at radius 2 is 1.90 bits per heavy atom. The highest BCUT2D eigenvalue weighted by atomic mass is 16.1. The van der Waals surface area contributed by atoms with E-state index in [1.807, 2.05) is 67.1 Å². The smallest absolute Gasteiger partial charge is 0.267 e. The van der Waals surface area contributed by atoms with E-state index in [9.17, 15) is 4.79 Å². The molecule has 4 heteroatoms. The number of aromatic nitrogens is 1. The van der Waals surface area contributed by atoms with E-state index in [-0.39, 0.29) is 18.0 Å². The number of nitrogens with two attached hydrogens (primary N) is 1. The van der Waals surface area contributed by atoms with Crippen LogP contribution in [0.5, 0.6) is 0 Å². The lowest BCUT2D eigenvalue weighted by Gasteiger charge is -2.15. The number of amides is 1. The molecule has 3 N–H and O–H groups in total. The lowest BCUT2D eigenvalue weighted by Crippen LogP contribution is -2.33. The Hall–Kier alpha value is -2.07. The van der Waals surface area contributed by atoms with Gasteiger partial charge in [-0.3, -0.25) is 4.79 Å². The van der Waals surface area contributed by atoms with E-state index >= 15 is 0 Å². The maximum atomic E-state index is 12.2. The van der Waals surface area contributed by atoms with Gasteiger partial charge in [0.2, 0.25) is 0 Å². The molecule has 0 aliphatic heterocycles. The summed E-state index contributed by atoms with van der Waals surface area (Å²) in [5.41, 5.74) is 7.76. The molecule has 1 aromatic carbocycles. The Kier molecular flexibility index (Phi) is 4.58. The van der Waals surface area contributed by atoms with E-state index < -0.39 is 0 Å². The Labute approximate surface area is 119 Å². The third kappa shape index (κ3) is 3.27. The highest BCUT2D eigenvalue weighted by molar-refractivity contribution is 5.92. The first-order valence-electron chi connectivity index (χ1n) is 6.85. The van der Waals surface area contributed by atoms with Crippen LogP contribution in [-0.4, -0.2) is 17.0 Å². The lowest BCUT2D eigenvalue weighted by atomic mass is 10.1. The number of carbonyl (C=O) groups is 1. The number of rotatable bonds is 5. The molecule has 1 aromatic heterocycles. The van der Waals surface area contributed by atoms with Crippen LogP contribution in [0.25, 0.3) is 0 Å². The molecule has 0 spiro atoms. The molecule has 0 aliphatic rings. The van der Waals surface area contributed by atoms with Gasteiger partial charge in [-0.1, -0.05) is 30.3 Å². The van der Waals surface area contributed by atoms with Gasteiger partial charge in [-0.15, -0.1) is 0 Å². The van der Waals surface area contributed by atoms with Gasteiger partial charge in [0.15, 0.2) is 0 Å². The highest BCUT2D eigenvalue weighted by Gasteiger charge is 2.14. The van der Waals surface area contributed by atoms with Crippen molar-refractivity contribution in [2.45, 2.75) is 25.9 Å². The molecule has 0 radical (unpaired) electrons. The Balaban J connectivity index is 1.97. The van der Waals surface area contributed by atoms with Crippen molar-refractivity contribution < 1.29 is 4.79 Å². The van der Waals surface area contributed by atoms with Crippen LogP contribution in [-0.2, 0) is 0 Å². The van der Waals surface area contributed by atoms with Crippen LogP contribution in [0.4, 0.5) is 0 Å². The van der Waals surface area contributed by atoms with Gasteiger partial charge in [-0.2, -0.15) is 0 Å². The molecule has 0 bridgehead atoms. The zero-order valence-electron chi connectivity index (χ0n) is 11.9. The third-order valence-electron chi connectivity index (χ3n) is 3.28. The quantitative estimate of drug-likeness (QED) is 0.877. The summed E-state index contributed by atoms with van der Waals surface area (Å²) in [5, 5.41) is 2.89. The summed E-state index contributed by atoms with van der Waals surface area (Å²) in [6.45, 7) is 4.52. The van der Waals surface area contributed by atoms with Crippen molar-refractivity contribution >= 4 is 5.91 Å². The molecule has 0 saturated carbocycles. The minimum absolute atomic E-state index is 0.0879. The summed E-state index contributed by atoms with van der Waals surface area (Å²) in [6, 6.07) is 13.5. The van der Waals surface area contributed by atoms with Crippen molar-refractivity contribution in [3.8, 4) is 0 Å². The van der Waals surface area contributed by atoms with E-state index in [4.69, 9.17) is 5.73 Å². The largest absolute Gasteiger partial charge is 0.349 e. The van der Waals surface area contributed by atoms with E-state index in [0.29, 0.717) is 12.2 Å². The molecule has 2 rings (SSSR count). The number of benzene rings is 1. The zero-order valence-corrected chi connectivity index (χ0v) is 11.9. The minimum Gasteiger partial charge on any atom is -0.349 e. The molecular formula is C16H21N3O. The molecule has 1 heterocycles. The predicted molar refractivity (Wildman–Crippen MR) is 80.5 cm³/mol. The fourth-order valence-electron chi connectivity index (χ4n) is 2.15. The molecule has 1 amide bonds. The van der Waals surface area contributed by atoms with Crippen LogP contribution in [0.1, 0.15) is 42.0 Å². The van der Waals surface area contributed by atoms with Gasteiger partial charge in [-0.25, -0.2) is 0 Å². The van der Waals surface area contributed by atoms with Gasteiger partial charge in [0.1, 0.15) is 5.69 Å². The molecule has 1 atom stereocenters. The van der Waals surface area contributed by atoms with Gasteiger partial charge in [0.25, 0.3) is 5.91 Å². The summed E-state index contributed by atoms with van der Waals surface area (Å²) in [5.74, 6) is -0.0879. The van der Waals surface area contributed by atoms with Gasteiger partial charge >= 0.3 is 0 Å². The first-order valence-corrected chi connectivity index (χ1v) is 6.85. The number of nitrogens with one attached hydrogen (secondary N) is 1. The second-order valence-electron chi connectivity index (χ2n) is 5.12. The van der Waals surface area contributed by atoms with Crippen molar-refractivity contribution in [3.05, 3.63) is 59.9 Å². The molecule has 2 aromatic rings. The SMILES string of the molecule is CC(C)n1cccc1C(=O)NCC(N)c1ccccc1. The molecule has 0 aliphatic carbocycles. The maximum Gasteiger partial charge on any atom is 0.267 e. The second-order valence-corrected chi connectivity index (χ2v) is 5.12. The van der Waals surface area contributed by atoms with Gasteiger partial charge in [0, 0.05) is 24.8 Å². The fourth-order valence-corrected chi connectivity index (χ4v) is 2.15. The van der Waals surface area contributed by atoms with Crippen LogP contribution < -0.4 is 11.1 Å². The minimum atomic E-state index is -0.192. The van der Waals surface area contributed by atoms with E-state index in [2.05, 4.69) is 5.32 Å². The second kappa shape index (κ2) is 6.39. The number of nitrogens with zero attached hydrogens (tertiary/aromatic N) is 1. The Morgan fingerprint density at radius 1 is 1.20 bits per heavy atom. The number of carbonyl (C=O) groups excluding carboxylic acids is 1. The molecule has 20 heavy (non-hydrogen) atoms. The monoisotopic (exact) mass is 271 g/mol. The summed E-state index contributed by atoms with van der Waals surface area (Å²) in [4.78, 5) is 12.2. The van der Waals surface area contributed by atoms with Crippen molar-refractivity contribution in [1.82, 2.24) is 9.88 Å². The highest BCUT2D eigenvalue weighted by Crippen LogP contribution is 2.12. The Morgan fingerprint density at radius 3 is 2.55 bits per heavy atom. The molecule has 0 saturated heterocycles. The van der Waals surface area contributed by atoms with Gasteiger partial charge in [-0.05, 0) is 31.5 Å². The lowest BCUT2D eigenvalue weighted by molar-refractivity contribution is 0.0940. The summed E-state index contributed by atoms with van der Waals surface area (Å²) in [7, 11) is 0. The summed E-state index contributed by atoms with van der Waals surface area (Å²) < 4.78 is 1.95. The number of hydrogen-bond acceptors (Lipinski definition) is 2. The number of hydrogen-bond donors (Lipinski definition) is 2. The fraction of sp³-hybridized carbons (Fsp3) is 0.312. The normalized spacial score (nSPS) is 12.4. The van der Waals surface area contributed by atoms with Crippen LogP contribution >= 0.6 is 0 Å². The third-order valence-corrected chi connectivity index (χ3v) is 3.28. The average Bonchev–Trinajstić information content (AvgIpc) is 2.95. The predicted octanol–water partition coefficient (Wildman–Crippen LogP) is 2.50. The van der Waals surface area contributed by atoms with E-state index in [1.165, 1.54) is 0 Å². The topological polar surface area (TPSA) is 60.0 Å². The first-order chi connectivity index (χ1) is 9.59. The zero-order chi connectivity index (χ0) is 14.5. The van der Waals surface area contributed by atoms with Gasteiger partial charge in [0.05, 0.1) is 0 Å².